The molecule has 1 aromatic carbocycles. The van der Waals surface area contributed by atoms with Gasteiger partial charge >= 0.3 is 11.7 Å². The second kappa shape index (κ2) is 5.92. The summed E-state index contributed by atoms with van der Waals surface area (Å²) in [5.74, 6) is -4.34. The number of carbonyl (C=O) groups is 1. The van der Waals surface area contributed by atoms with Crippen LogP contribution in [0.5, 0.6) is 0 Å². The molecule has 0 radical (unpaired) electrons. The summed E-state index contributed by atoms with van der Waals surface area (Å²) in [5.41, 5.74) is -5.03. The molecule has 1 aromatic heterocycles. The largest absolute Gasteiger partial charge is 0.478 e. The van der Waals surface area contributed by atoms with E-state index in [1.54, 1.807) is 0 Å². The standard InChI is InChI=1S/C13H8ClF3N2O4/c1-18-9(4-15)10(17)11(20)19(13(18)23)8-2-5(12(21)22)6(14)3-7(8)16/h2-3H,4H2,1H3,(H,21,22). The SMILES string of the molecule is Cn1c(CF)c(F)c(=O)n(-c2cc(C(=O)O)c(Cl)cc2F)c1=O. The molecule has 2 aromatic rings. The van der Waals surface area contributed by atoms with Crippen molar-refractivity contribution in [1.29, 1.82) is 0 Å². The second-order valence-electron chi connectivity index (χ2n) is 4.47. The van der Waals surface area contributed by atoms with Crippen LogP contribution in [-0.2, 0) is 13.7 Å². The first-order valence-corrected chi connectivity index (χ1v) is 6.37. The van der Waals surface area contributed by atoms with E-state index in [0.29, 0.717) is 16.7 Å². The van der Waals surface area contributed by atoms with E-state index >= 15 is 0 Å². The van der Waals surface area contributed by atoms with Crippen molar-refractivity contribution in [3.05, 3.63) is 60.9 Å². The Morgan fingerprint density at radius 2 is 1.91 bits per heavy atom. The number of nitrogens with zero attached hydrogens (tertiary/aromatic N) is 2. The summed E-state index contributed by atoms with van der Waals surface area (Å²) < 4.78 is 41.2. The fourth-order valence-corrected chi connectivity index (χ4v) is 2.19. The van der Waals surface area contributed by atoms with Crippen LogP contribution in [0.4, 0.5) is 13.2 Å². The van der Waals surface area contributed by atoms with Crippen LogP contribution in [0.15, 0.2) is 21.7 Å². The molecule has 0 aliphatic carbocycles. The van der Waals surface area contributed by atoms with Crippen molar-refractivity contribution < 1.29 is 23.1 Å². The highest BCUT2D eigenvalue weighted by molar-refractivity contribution is 6.33. The number of halogens is 4. The van der Waals surface area contributed by atoms with E-state index in [9.17, 15) is 27.6 Å². The van der Waals surface area contributed by atoms with E-state index in [4.69, 9.17) is 16.7 Å². The summed E-state index contributed by atoms with van der Waals surface area (Å²) in [7, 11) is 0.988. The minimum Gasteiger partial charge on any atom is -0.478 e. The fraction of sp³-hybridized carbons (Fsp3) is 0.154. The van der Waals surface area contributed by atoms with Crippen molar-refractivity contribution in [2.24, 2.45) is 7.05 Å². The summed E-state index contributed by atoms with van der Waals surface area (Å²) in [6, 6.07) is 1.20. The molecule has 0 saturated carbocycles. The Morgan fingerprint density at radius 1 is 1.30 bits per heavy atom. The average Bonchev–Trinajstić information content (AvgIpc) is 2.47. The molecule has 1 N–H and O–H groups in total. The predicted molar refractivity (Wildman–Crippen MR) is 74.0 cm³/mol. The Hall–Kier alpha value is -2.55. The summed E-state index contributed by atoms with van der Waals surface area (Å²) in [4.78, 5) is 35.0. The Morgan fingerprint density at radius 3 is 2.43 bits per heavy atom. The van der Waals surface area contributed by atoms with E-state index in [1.165, 1.54) is 0 Å². The predicted octanol–water partition coefficient (Wildman–Crippen LogP) is 1.64. The molecule has 0 fully saturated rings. The maximum absolute atomic E-state index is 14.0. The molecule has 10 heteroatoms. The lowest BCUT2D eigenvalue weighted by molar-refractivity contribution is 0.0697. The van der Waals surface area contributed by atoms with Crippen LogP contribution in [0.3, 0.4) is 0 Å². The van der Waals surface area contributed by atoms with Crippen LogP contribution in [0, 0.1) is 11.6 Å². The molecule has 0 aliphatic heterocycles. The van der Waals surface area contributed by atoms with Crippen LogP contribution < -0.4 is 11.2 Å². The van der Waals surface area contributed by atoms with Gasteiger partial charge in [-0.25, -0.2) is 22.9 Å². The molecular formula is C13H8ClF3N2O4. The van der Waals surface area contributed by atoms with Crippen molar-refractivity contribution >= 4 is 17.6 Å². The number of benzene rings is 1. The minimum absolute atomic E-state index is 0.0760. The molecule has 0 spiro atoms. The van der Waals surface area contributed by atoms with Gasteiger partial charge in [-0.15, -0.1) is 0 Å². The molecule has 122 valence electrons. The number of rotatable bonds is 3. The van der Waals surface area contributed by atoms with Gasteiger partial charge in [0.25, 0.3) is 5.56 Å². The van der Waals surface area contributed by atoms with Gasteiger partial charge in [0.1, 0.15) is 12.5 Å². The third-order valence-electron chi connectivity index (χ3n) is 3.16. The van der Waals surface area contributed by atoms with E-state index in [0.717, 1.165) is 7.05 Å². The number of aromatic nitrogens is 2. The third-order valence-corrected chi connectivity index (χ3v) is 3.47. The molecule has 2 rings (SSSR count). The summed E-state index contributed by atoms with van der Waals surface area (Å²) in [5, 5.41) is 8.49. The maximum Gasteiger partial charge on any atom is 0.337 e. The van der Waals surface area contributed by atoms with E-state index < -0.39 is 57.5 Å². The van der Waals surface area contributed by atoms with Crippen LogP contribution in [0.1, 0.15) is 16.1 Å². The van der Waals surface area contributed by atoms with Crippen molar-refractivity contribution in [3.63, 3.8) is 0 Å². The van der Waals surface area contributed by atoms with Crippen molar-refractivity contribution in [1.82, 2.24) is 9.13 Å². The van der Waals surface area contributed by atoms with Crippen LogP contribution >= 0.6 is 11.6 Å². The highest BCUT2D eigenvalue weighted by atomic mass is 35.5. The number of hydrogen-bond donors (Lipinski definition) is 1. The Labute approximate surface area is 131 Å². The fourth-order valence-electron chi connectivity index (χ4n) is 1.95. The van der Waals surface area contributed by atoms with E-state index in [-0.39, 0.29) is 4.57 Å². The molecule has 6 nitrogen and oxygen atoms in total. The first kappa shape index (κ1) is 16.8. The van der Waals surface area contributed by atoms with Gasteiger partial charge in [0.05, 0.1) is 22.0 Å². The lowest BCUT2D eigenvalue weighted by Gasteiger charge is -2.12. The van der Waals surface area contributed by atoms with Gasteiger partial charge in [-0.1, -0.05) is 11.6 Å². The number of carboxylic acid groups (broad SMARTS) is 1. The molecule has 0 atom stereocenters. The quantitative estimate of drug-likeness (QED) is 0.914. The molecule has 1 heterocycles. The molecule has 0 aliphatic rings. The zero-order valence-corrected chi connectivity index (χ0v) is 12.2. The molecule has 23 heavy (non-hydrogen) atoms. The maximum atomic E-state index is 14.0. The first-order valence-electron chi connectivity index (χ1n) is 5.99. The van der Waals surface area contributed by atoms with Crippen molar-refractivity contribution in [3.8, 4) is 5.69 Å². The Bertz CT molecular complexity index is 899. The van der Waals surface area contributed by atoms with E-state index in [1.807, 2.05) is 0 Å². The number of alkyl halides is 1. The van der Waals surface area contributed by atoms with Gasteiger partial charge < -0.3 is 5.11 Å². The normalized spacial score (nSPS) is 10.8. The van der Waals surface area contributed by atoms with Gasteiger partial charge in [-0.05, 0) is 12.1 Å². The lowest BCUT2D eigenvalue weighted by Crippen LogP contribution is -2.42. The van der Waals surface area contributed by atoms with Gasteiger partial charge in [-0.2, -0.15) is 4.39 Å². The molecule has 0 saturated heterocycles. The molecule has 0 bridgehead atoms. The van der Waals surface area contributed by atoms with Gasteiger partial charge in [0.15, 0.2) is 0 Å². The third kappa shape index (κ3) is 2.63. The number of aromatic carboxylic acids is 1. The highest BCUT2D eigenvalue weighted by Gasteiger charge is 2.22. The summed E-state index contributed by atoms with van der Waals surface area (Å²) >= 11 is 5.56. The highest BCUT2D eigenvalue weighted by Crippen LogP contribution is 2.22. The van der Waals surface area contributed by atoms with Gasteiger partial charge in [0.2, 0.25) is 5.82 Å². The lowest BCUT2D eigenvalue weighted by atomic mass is 10.2. The van der Waals surface area contributed by atoms with Crippen LogP contribution in [0.25, 0.3) is 5.69 Å². The second-order valence-corrected chi connectivity index (χ2v) is 4.87. The average molecular weight is 349 g/mol. The Balaban J connectivity index is 2.94. The van der Waals surface area contributed by atoms with E-state index in [2.05, 4.69) is 0 Å². The monoisotopic (exact) mass is 348 g/mol. The smallest absolute Gasteiger partial charge is 0.337 e. The zero-order chi connectivity index (χ0) is 17.5. The summed E-state index contributed by atoms with van der Waals surface area (Å²) in [6.45, 7) is -1.42. The molecule has 0 amide bonds. The van der Waals surface area contributed by atoms with Crippen LogP contribution in [0.2, 0.25) is 5.02 Å². The molecular weight excluding hydrogens is 341 g/mol. The topological polar surface area (TPSA) is 81.3 Å². The first-order chi connectivity index (χ1) is 10.7. The summed E-state index contributed by atoms with van der Waals surface area (Å²) in [6.07, 6.45) is 0. The van der Waals surface area contributed by atoms with Gasteiger partial charge in [0, 0.05) is 7.05 Å². The van der Waals surface area contributed by atoms with Crippen molar-refractivity contribution in [2.45, 2.75) is 6.67 Å². The molecule has 0 unspecified atom stereocenters. The zero-order valence-electron chi connectivity index (χ0n) is 11.4. The Kier molecular flexibility index (Phi) is 4.33. The van der Waals surface area contributed by atoms with Crippen molar-refractivity contribution in [2.75, 3.05) is 0 Å². The van der Waals surface area contributed by atoms with Gasteiger partial charge in [-0.3, -0.25) is 9.36 Å². The number of carboxylic acids is 1. The number of hydrogen-bond acceptors (Lipinski definition) is 3. The van der Waals surface area contributed by atoms with Crippen LogP contribution in [-0.4, -0.2) is 20.2 Å². The minimum atomic E-state index is -1.60.